The molecule has 1 amide bonds. The third-order valence-electron chi connectivity index (χ3n) is 4.47. The zero-order valence-electron chi connectivity index (χ0n) is 15.6. The van der Waals surface area contributed by atoms with Crippen molar-refractivity contribution in [1.82, 2.24) is 19.3 Å². The van der Waals surface area contributed by atoms with E-state index in [9.17, 15) is 14.0 Å². The maximum atomic E-state index is 13.1. The minimum Gasteiger partial charge on any atom is -0.323 e. The highest BCUT2D eigenvalue weighted by atomic mass is 35.5. The average molecular weight is 446 g/mol. The highest BCUT2D eigenvalue weighted by Crippen LogP contribution is 2.23. The molecule has 10 heteroatoms. The molecular weight excluding hydrogens is 432 g/mol. The Bertz CT molecular complexity index is 1350. The van der Waals surface area contributed by atoms with Crippen molar-refractivity contribution in [2.75, 3.05) is 5.32 Å². The van der Waals surface area contributed by atoms with Crippen molar-refractivity contribution < 1.29 is 9.18 Å². The number of halogens is 3. The maximum Gasteiger partial charge on any atom is 0.264 e. The molecule has 0 spiro atoms. The molecule has 1 N–H and O–H groups in total. The predicted octanol–water partition coefficient (Wildman–Crippen LogP) is 3.98. The van der Waals surface area contributed by atoms with Crippen LogP contribution in [0, 0.1) is 12.7 Å². The van der Waals surface area contributed by atoms with Crippen LogP contribution in [0.1, 0.15) is 5.56 Å². The lowest BCUT2D eigenvalue weighted by Gasteiger charge is -2.10. The largest absolute Gasteiger partial charge is 0.323 e. The Morgan fingerprint density at radius 3 is 2.77 bits per heavy atom. The summed E-state index contributed by atoms with van der Waals surface area (Å²) in [6, 6.07) is 8.94. The molecule has 0 aliphatic heterocycles. The summed E-state index contributed by atoms with van der Waals surface area (Å²) in [5, 5.41) is 7.65. The first-order valence-electron chi connectivity index (χ1n) is 8.78. The van der Waals surface area contributed by atoms with Crippen molar-refractivity contribution in [2.24, 2.45) is 0 Å². The van der Waals surface area contributed by atoms with Gasteiger partial charge in [-0.3, -0.25) is 14.2 Å². The number of benzene rings is 2. The van der Waals surface area contributed by atoms with E-state index in [2.05, 4.69) is 15.4 Å². The zero-order valence-corrected chi connectivity index (χ0v) is 17.1. The lowest BCUT2D eigenvalue weighted by Crippen LogP contribution is -2.28. The summed E-state index contributed by atoms with van der Waals surface area (Å²) in [6.45, 7) is 1.60. The minimum absolute atomic E-state index is 0.0578. The van der Waals surface area contributed by atoms with Gasteiger partial charge in [-0.05, 0) is 42.8 Å². The van der Waals surface area contributed by atoms with Crippen molar-refractivity contribution in [3.8, 4) is 5.69 Å². The van der Waals surface area contributed by atoms with Crippen molar-refractivity contribution in [2.45, 2.75) is 13.5 Å². The lowest BCUT2D eigenvalue weighted by molar-refractivity contribution is -0.116. The Morgan fingerprint density at radius 1 is 1.20 bits per heavy atom. The fourth-order valence-electron chi connectivity index (χ4n) is 2.98. The van der Waals surface area contributed by atoms with Crippen molar-refractivity contribution in [3.05, 3.63) is 80.7 Å². The van der Waals surface area contributed by atoms with Gasteiger partial charge in [-0.15, -0.1) is 0 Å². The summed E-state index contributed by atoms with van der Waals surface area (Å²) in [6.07, 6.45) is 2.67. The number of aromatic nitrogens is 4. The molecule has 0 aliphatic carbocycles. The van der Waals surface area contributed by atoms with Gasteiger partial charge >= 0.3 is 0 Å². The molecule has 0 saturated carbocycles. The molecule has 30 heavy (non-hydrogen) atoms. The van der Waals surface area contributed by atoms with Gasteiger partial charge in [0.1, 0.15) is 24.1 Å². The number of hydrogen-bond donors (Lipinski definition) is 1. The molecule has 2 aromatic heterocycles. The van der Waals surface area contributed by atoms with E-state index in [1.807, 2.05) is 13.0 Å². The van der Waals surface area contributed by atoms with Crippen LogP contribution in [0.3, 0.4) is 0 Å². The van der Waals surface area contributed by atoms with E-state index in [1.54, 1.807) is 12.1 Å². The van der Waals surface area contributed by atoms with E-state index in [-0.39, 0.29) is 22.6 Å². The van der Waals surface area contributed by atoms with Crippen LogP contribution in [0.25, 0.3) is 16.7 Å². The molecule has 0 bridgehead atoms. The van der Waals surface area contributed by atoms with Gasteiger partial charge in [0.05, 0.1) is 22.6 Å². The molecule has 0 fully saturated rings. The number of nitrogens with zero attached hydrogens (tertiary/aromatic N) is 4. The number of carbonyl (C=O) groups excluding carboxylic acids is 1. The first-order valence-corrected chi connectivity index (χ1v) is 9.53. The van der Waals surface area contributed by atoms with Gasteiger partial charge in [-0.25, -0.2) is 14.1 Å². The predicted molar refractivity (Wildman–Crippen MR) is 113 cm³/mol. The van der Waals surface area contributed by atoms with Crippen LogP contribution in [0.4, 0.5) is 10.1 Å². The molecule has 0 radical (unpaired) electrons. The molecule has 0 unspecified atom stereocenters. The normalized spacial score (nSPS) is 11.1. The smallest absolute Gasteiger partial charge is 0.264 e. The molecule has 2 heterocycles. The van der Waals surface area contributed by atoms with Gasteiger partial charge in [-0.2, -0.15) is 5.10 Å². The third-order valence-corrected chi connectivity index (χ3v) is 5.02. The fourth-order valence-corrected chi connectivity index (χ4v) is 3.36. The summed E-state index contributed by atoms with van der Waals surface area (Å²) in [4.78, 5) is 29.4. The first kappa shape index (κ1) is 20.1. The molecule has 0 aliphatic rings. The van der Waals surface area contributed by atoms with Crippen LogP contribution in [-0.4, -0.2) is 25.2 Å². The van der Waals surface area contributed by atoms with E-state index in [0.717, 1.165) is 16.2 Å². The van der Waals surface area contributed by atoms with E-state index in [0.29, 0.717) is 16.4 Å². The monoisotopic (exact) mass is 445 g/mol. The molecule has 4 aromatic rings. The fraction of sp³-hybridized carbons (Fsp3) is 0.100. The summed E-state index contributed by atoms with van der Waals surface area (Å²) in [7, 11) is 0. The van der Waals surface area contributed by atoms with Crippen molar-refractivity contribution >= 4 is 45.8 Å². The lowest BCUT2D eigenvalue weighted by atomic mass is 10.2. The van der Waals surface area contributed by atoms with Gasteiger partial charge in [0.2, 0.25) is 5.91 Å². The van der Waals surface area contributed by atoms with Gasteiger partial charge in [0.25, 0.3) is 5.56 Å². The van der Waals surface area contributed by atoms with E-state index < -0.39 is 17.3 Å². The number of aryl methyl sites for hydroxylation is 1. The number of amides is 1. The molecule has 152 valence electrons. The topological polar surface area (TPSA) is 81.8 Å². The second kappa shape index (κ2) is 7.89. The van der Waals surface area contributed by atoms with E-state index >= 15 is 0 Å². The molecule has 0 saturated heterocycles. The SMILES string of the molecule is Cc1ccc(Cl)cc1-n1ncc2c(=O)n(CC(=O)Nc3ccc(F)cc3Cl)cnc21. The van der Waals surface area contributed by atoms with Crippen molar-refractivity contribution in [3.63, 3.8) is 0 Å². The number of fused-ring (bicyclic) bond motifs is 1. The minimum atomic E-state index is -0.518. The van der Waals surface area contributed by atoms with Crippen LogP contribution < -0.4 is 10.9 Å². The summed E-state index contributed by atoms with van der Waals surface area (Å²) < 4.78 is 15.8. The average Bonchev–Trinajstić information content (AvgIpc) is 3.13. The van der Waals surface area contributed by atoms with Gasteiger partial charge < -0.3 is 5.32 Å². The molecule has 2 aromatic carbocycles. The van der Waals surface area contributed by atoms with Crippen molar-refractivity contribution in [1.29, 1.82) is 0 Å². The summed E-state index contributed by atoms with van der Waals surface area (Å²) >= 11 is 12.0. The molecule has 0 atom stereocenters. The number of rotatable bonds is 4. The number of carbonyl (C=O) groups is 1. The second-order valence-corrected chi connectivity index (χ2v) is 7.42. The number of nitrogens with one attached hydrogen (secondary N) is 1. The number of hydrogen-bond acceptors (Lipinski definition) is 4. The Hall–Kier alpha value is -3.23. The Morgan fingerprint density at radius 2 is 2.00 bits per heavy atom. The summed E-state index contributed by atoms with van der Waals surface area (Å²) in [5.41, 5.74) is 1.78. The van der Waals surface area contributed by atoms with Crippen LogP contribution in [0.2, 0.25) is 10.0 Å². The standard InChI is InChI=1S/C20H14Cl2FN5O2/c1-11-2-3-12(21)6-17(11)28-19-14(8-25-28)20(30)27(10-24-19)9-18(29)26-16-5-4-13(23)7-15(16)22/h2-8,10H,9H2,1H3,(H,26,29). The van der Waals surface area contributed by atoms with E-state index in [1.165, 1.54) is 29.3 Å². The van der Waals surface area contributed by atoms with E-state index in [4.69, 9.17) is 23.2 Å². The second-order valence-electron chi connectivity index (χ2n) is 6.57. The zero-order chi connectivity index (χ0) is 21.4. The highest BCUT2D eigenvalue weighted by Gasteiger charge is 2.15. The van der Waals surface area contributed by atoms with Crippen LogP contribution in [0.15, 0.2) is 53.7 Å². The molecule has 7 nitrogen and oxygen atoms in total. The van der Waals surface area contributed by atoms with Crippen LogP contribution >= 0.6 is 23.2 Å². The first-order chi connectivity index (χ1) is 14.3. The van der Waals surface area contributed by atoms with Gasteiger partial charge in [-0.1, -0.05) is 29.3 Å². The number of anilines is 1. The highest BCUT2D eigenvalue weighted by molar-refractivity contribution is 6.33. The third kappa shape index (κ3) is 3.79. The van der Waals surface area contributed by atoms with Crippen LogP contribution in [0.5, 0.6) is 0 Å². The molecule has 4 rings (SSSR count). The Kier molecular flexibility index (Phi) is 5.27. The Balaban J connectivity index is 1.64. The van der Waals surface area contributed by atoms with Gasteiger partial charge in [0.15, 0.2) is 5.65 Å². The Labute approximate surface area is 179 Å². The quantitative estimate of drug-likeness (QED) is 0.515. The molecular formula is C20H14Cl2FN5O2. The maximum absolute atomic E-state index is 13.1. The summed E-state index contributed by atoms with van der Waals surface area (Å²) in [5.74, 6) is -1.03. The van der Waals surface area contributed by atoms with Gasteiger partial charge in [0, 0.05) is 5.02 Å². The van der Waals surface area contributed by atoms with Crippen LogP contribution in [-0.2, 0) is 11.3 Å².